The van der Waals surface area contributed by atoms with Gasteiger partial charge in [-0.05, 0) is 24.1 Å². The van der Waals surface area contributed by atoms with Crippen molar-refractivity contribution in [3.63, 3.8) is 0 Å². The Kier molecular flexibility index (Phi) is 5.48. The predicted octanol–water partition coefficient (Wildman–Crippen LogP) is 4.40. The quantitative estimate of drug-likeness (QED) is 0.821. The Hall–Kier alpha value is -1.03. The van der Waals surface area contributed by atoms with E-state index in [0.717, 1.165) is 18.7 Å². The number of benzene rings is 1. The van der Waals surface area contributed by atoms with Crippen molar-refractivity contribution in [2.45, 2.75) is 26.9 Å². The van der Waals surface area contributed by atoms with Crippen molar-refractivity contribution in [2.24, 2.45) is 5.92 Å². The van der Waals surface area contributed by atoms with Crippen molar-refractivity contribution >= 4 is 17.3 Å². The highest BCUT2D eigenvalue weighted by Crippen LogP contribution is 2.28. The highest BCUT2D eigenvalue weighted by atomic mass is 35.5. The highest BCUT2D eigenvalue weighted by molar-refractivity contribution is 6.32. The van der Waals surface area contributed by atoms with E-state index in [0.29, 0.717) is 5.92 Å². The van der Waals surface area contributed by atoms with Gasteiger partial charge in [-0.3, -0.25) is 0 Å². The van der Waals surface area contributed by atoms with Crippen LogP contribution in [0.4, 0.5) is 14.5 Å². The zero-order chi connectivity index (χ0) is 12.8. The molecule has 0 fully saturated rings. The van der Waals surface area contributed by atoms with Gasteiger partial charge < -0.3 is 10.1 Å². The molecule has 1 aromatic carbocycles. The zero-order valence-corrected chi connectivity index (χ0v) is 10.6. The maximum Gasteiger partial charge on any atom is 0.387 e. The number of hydrogen-bond acceptors (Lipinski definition) is 2. The Morgan fingerprint density at radius 2 is 2.12 bits per heavy atom. The standard InChI is InChI=1S/C12H16ClF2NO/c1-3-8(2)7-16-9-4-5-11(10(13)6-9)17-12(14)15/h4-6,8,12,16H,3,7H2,1-2H3. The molecule has 1 rings (SSSR count). The van der Waals surface area contributed by atoms with Gasteiger partial charge in [0.05, 0.1) is 5.02 Å². The molecule has 0 heterocycles. The smallest absolute Gasteiger partial charge is 0.387 e. The lowest BCUT2D eigenvalue weighted by atomic mass is 10.1. The van der Waals surface area contributed by atoms with E-state index in [9.17, 15) is 8.78 Å². The number of anilines is 1. The summed E-state index contributed by atoms with van der Waals surface area (Å²) in [5.41, 5.74) is 0.803. The summed E-state index contributed by atoms with van der Waals surface area (Å²) in [4.78, 5) is 0. The largest absolute Gasteiger partial charge is 0.433 e. The third kappa shape index (κ3) is 4.77. The molecular weight excluding hydrogens is 248 g/mol. The summed E-state index contributed by atoms with van der Waals surface area (Å²) < 4.78 is 28.3. The summed E-state index contributed by atoms with van der Waals surface area (Å²) in [7, 11) is 0. The zero-order valence-electron chi connectivity index (χ0n) is 9.84. The summed E-state index contributed by atoms with van der Waals surface area (Å²) >= 11 is 5.82. The number of nitrogens with one attached hydrogen (secondary N) is 1. The highest BCUT2D eigenvalue weighted by Gasteiger charge is 2.09. The fraction of sp³-hybridized carbons (Fsp3) is 0.500. The number of hydrogen-bond donors (Lipinski definition) is 1. The van der Waals surface area contributed by atoms with Crippen LogP contribution in [0.25, 0.3) is 0 Å². The van der Waals surface area contributed by atoms with E-state index in [1.165, 1.54) is 6.07 Å². The van der Waals surface area contributed by atoms with Gasteiger partial charge in [0.1, 0.15) is 5.75 Å². The van der Waals surface area contributed by atoms with E-state index in [4.69, 9.17) is 11.6 Å². The van der Waals surface area contributed by atoms with Crippen LogP contribution in [0, 0.1) is 5.92 Å². The number of rotatable bonds is 6. The van der Waals surface area contributed by atoms with Crippen LogP contribution in [0.15, 0.2) is 18.2 Å². The third-order valence-electron chi connectivity index (χ3n) is 2.50. The lowest BCUT2D eigenvalue weighted by Crippen LogP contribution is -2.10. The molecule has 5 heteroatoms. The molecule has 1 aromatic rings. The third-order valence-corrected chi connectivity index (χ3v) is 2.79. The van der Waals surface area contributed by atoms with E-state index < -0.39 is 6.61 Å². The van der Waals surface area contributed by atoms with Gasteiger partial charge in [-0.15, -0.1) is 0 Å². The second-order valence-corrected chi connectivity index (χ2v) is 4.33. The molecule has 0 amide bonds. The summed E-state index contributed by atoms with van der Waals surface area (Å²) in [6, 6.07) is 4.70. The fourth-order valence-electron chi connectivity index (χ4n) is 1.24. The first kappa shape index (κ1) is 14.0. The van der Waals surface area contributed by atoms with Gasteiger partial charge in [0.25, 0.3) is 0 Å². The minimum atomic E-state index is -2.86. The van der Waals surface area contributed by atoms with Gasteiger partial charge in [-0.2, -0.15) is 8.78 Å². The van der Waals surface area contributed by atoms with Crippen molar-refractivity contribution in [1.29, 1.82) is 0 Å². The first-order valence-corrected chi connectivity index (χ1v) is 5.89. The van der Waals surface area contributed by atoms with Gasteiger partial charge >= 0.3 is 6.61 Å². The second-order valence-electron chi connectivity index (χ2n) is 3.92. The summed E-state index contributed by atoms with van der Waals surface area (Å²) in [6.07, 6.45) is 1.08. The van der Waals surface area contributed by atoms with E-state index in [-0.39, 0.29) is 10.8 Å². The van der Waals surface area contributed by atoms with Crippen molar-refractivity contribution < 1.29 is 13.5 Å². The minimum Gasteiger partial charge on any atom is -0.433 e. The molecule has 1 unspecified atom stereocenters. The van der Waals surface area contributed by atoms with Gasteiger partial charge in [0, 0.05) is 12.2 Å². The van der Waals surface area contributed by atoms with Crippen molar-refractivity contribution in [3.05, 3.63) is 23.2 Å². The molecule has 0 saturated heterocycles. The first-order valence-electron chi connectivity index (χ1n) is 5.51. The van der Waals surface area contributed by atoms with Gasteiger partial charge in [-0.1, -0.05) is 31.9 Å². The van der Waals surface area contributed by atoms with Crippen LogP contribution in [0.1, 0.15) is 20.3 Å². The maximum absolute atomic E-state index is 12.0. The van der Waals surface area contributed by atoms with Crippen LogP contribution < -0.4 is 10.1 Å². The lowest BCUT2D eigenvalue weighted by molar-refractivity contribution is -0.0497. The molecule has 0 bridgehead atoms. The normalized spacial score (nSPS) is 12.6. The molecule has 17 heavy (non-hydrogen) atoms. The Morgan fingerprint density at radius 3 is 2.65 bits per heavy atom. The molecule has 0 aromatic heterocycles. The Bertz CT molecular complexity index is 360. The molecule has 0 aliphatic rings. The number of ether oxygens (including phenoxy) is 1. The van der Waals surface area contributed by atoms with E-state index in [1.54, 1.807) is 12.1 Å². The Morgan fingerprint density at radius 1 is 1.41 bits per heavy atom. The molecule has 2 nitrogen and oxygen atoms in total. The first-order chi connectivity index (χ1) is 8.02. The number of alkyl halides is 2. The summed E-state index contributed by atoms with van der Waals surface area (Å²) in [5.74, 6) is 0.543. The molecule has 96 valence electrons. The van der Waals surface area contributed by atoms with Gasteiger partial charge in [0.2, 0.25) is 0 Å². The summed E-state index contributed by atoms with van der Waals surface area (Å²) in [5, 5.41) is 3.37. The predicted molar refractivity (Wildman–Crippen MR) is 66.0 cm³/mol. The maximum atomic E-state index is 12.0. The molecule has 1 atom stereocenters. The van der Waals surface area contributed by atoms with Crippen LogP contribution in [-0.2, 0) is 0 Å². The number of halogens is 3. The van der Waals surface area contributed by atoms with Gasteiger partial charge in [0.15, 0.2) is 0 Å². The van der Waals surface area contributed by atoms with Crippen LogP contribution in [-0.4, -0.2) is 13.2 Å². The molecule has 0 saturated carbocycles. The average Bonchev–Trinajstić information content (AvgIpc) is 2.28. The Labute approximate surface area is 105 Å². The van der Waals surface area contributed by atoms with Crippen molar-refractivity contribution in [1.82, 2.24) is 0 Å². The van der Waals surface area contributed by atoms with E-state index >= 15 is 0 Å². The Balaban J connectivity index is 2.62. The second kappa shape index (κ2) is 6.64. The van der Waals surface area contributed by atoms with Crippen LogP contribution in [0.5, 0.6) is 5.75 Å². The fourth-order valence-corrected chi connectivity index (χ4v) is 1.46. The molecule has 0 radical (unpaired) electrons. The molecular formula is C12H16ClF2NO. The molecule has 1 N–H and O–H groups in total. The van der Waals surface area contributed by atoms with Crippen LogP contribution in [0.3, 0.4) is 0 Å². The summed E-state index contributed by atoms with van der Waals surface area (Å²) in [6.45, 7) is 2.20. The minimum absolute atomic E-state index is 0.00393. The molecule has 0 aliphatic heterocycles. The van der Waals surface area contributed by atoms with E-state index in [1.807, 2.05) is 0 Å². The monoisotopic (exact) mass is 263 g/mol. The van der Waals surface area contributed by atoms with Crippen LogP contribution in [0.2, 0.25) is 5.02 Å². The SMILES string of the molecule is CCC(C)CNc1ccc(OC(F)F)c(Cl)c1. The molecule has 0 spiro atoms. The van der Waals surface area contributed by atoms with Crippen molar-refractivity contribution in [2.75, 3.05) is 11.9 Å². The van der Waals surface area contributed by atoms with Crippen molar-refractivity contribution in [3.8, 4) is 5.75 Å². The average molecular weight is 264 g/mol. The molecule has 0 aliphatic carbocycles. The van der Waals surface area contributed by atoms with Crippen LogP contribution >= 0.6 is 11.6 Å². The van der Waals surface area contributed by atoms with E-state index in [2.05, 4.69) is 23.9 Å². The lowest BCUT2D eigenvalue weighted by Gasteiger charge is -2.13. The van der Waals surface area contributed by atoms with Gasteiger partial charge in [-0.25, -0.2) is 0 Å². The topological polar surface area (TPSA) is 21.3 Å².